The Hall–Kier alpha value is -1.10. The number of sulfonamides is 1. The van der Waals surface area contributed by atoms with Gasteiger partial charge in [-0.15, -0.1) is 0 Å². The molecule has 2 N–H and O–H groups in total. The topological polar surface area (TPSA) is 89.5 Å². The molecule has 2 aliphatic heterocycles. The van der Waals surface area contributed by atoms with Crippen LogP contribution in [-0.4, -0.2) is 77.2 Å². The van der Waals surface area contributed by atoms with E-state index in [4.69, 9.17) is 0 Å². The Bertz CT molecular complexity index is 642. The largest absolute Gasteiger partial charge is 0.387 e. The van der Waals surface area contributed by atoms with Crippen molar-refractivity contribution < 1.29 is 22.3 Å². The van der Waals surface area contributed by atoms with Gasteiger partial charge in [-0.25, -0.2) is 17.2 Å². The first kappa shape index (κ1) is 16.7. The molecule has 2 saturated heterocycles. The SMILES string of the molecule is O=S(=O)(c1cn[nH]c1)N1CC[C@](O)(CN2CCC(F)(F)CC2)C1. The molecule has 7 nitrogen and oxygen atoms in total. The fourth-order valence-corrected chi connectivity index (χ4v) is 4.56. The molecule has 3 rings (SSSR count). The van der Waals surface area contributed by atoms with Crippen molar-refractivity contribution in [2.45, 2.75) is 35.7 Å². The van der Waals surface area contributed by atoms with E-state index in [2.05, 4.69) is 10.2 Å². The van der Waals surface area contributed by atoms with Crippen LogP contribution >= 0.6 is 0 Å². The summed E-state index contributed by atoms with van der Waals surface area (Å²) in [6.07, 6.45) is 2.36. The molecule has 2 aliphatic rings. The lowest BCUT2D eigenvalue weighted by atomic mass is 10.00. The molecule has 0 amide bonds. The van der Waals surface area contributed by atoms with Crippen molar-refractivity contribution in [3.8, 4) is 0 Å². The van der Waals surface area contributed by atoms with E-state index in [0.717, 1.165) is 0 Å². The number of alkyl halides is 2. The van der Waals surface area contributed by atoms with E-state index in [9.17, 15) is 22.3 Å². The third-order valence-electron chi connectivity index (χ3n) is 4.51. The Kier molecular flexibility index (Phi) is 4.20. The second-order valence-electron chi connectivity index (χ2n) is 6.38. The van der Waals surface area contributed by atoms with Crippen molar-refractivity contribution in [1.82, 2.24) is 19.4 Å². The van der Waals surface area contributed by atoms with Crippen LogP contribution in [0.4, 0.5) is 8.78 Å². The minimum absolute atomic E-state index is 0.0343. The highest BCUT2D eigenvalue weighted by molar-refractivity contribution is 7.89. The van der Waals surface area contributed by atoms with Gasteiger partial charge in [0.25, 0.3) is 5.92 Å². The Balaban J connectivity index is 1.62. The number of likely N-dealkylation sites (tertiary alicyclic amines) is 1. The monoisotopic (exact) mass is 350 g/mol. The molecule has 0 saturated carbocycles. The molecule has 23 heavy (non-hydrogen) atoms. The molecule has 0 spiro atoms. The first-order valence-corrected chi connectivity index (χ1v) is 8.96. The second kappa shape index (κ2) is 5.76. The van der Waals surface area contributed by atoms with Gasteiger partial charge in [-0.3, -0.25) is 10.00 Å². The number of piperidine rings is 1. The number of hydrogen-bond donors (Lipinski definition) is 2. The lowest BCUT2D eigenvalue weighted by molar-refractivity contribution is -0.0716. The molecule has 0 aromatic carbocycles. The number of nitrogens with zero attached hydrogens (tertiary/aromatic N) is 3. The van der Waals surface area contributed by atoms with E-state index in [1.165, 1.54) is 16.7 Å². The van der Waals surface area contributed by atoms with Gasteiger partial charge in [0.15, 0.2) is 0 Å². The van der Waals surface area contributed by atoms with Crippen molar-refractivity contribution in [2.75, 3.05) is 32.7 Å². The summed E-state index contributed by atoms with van der Waals surface area (Å²) in [6, 6.07) is 0. The summed E-state index contributed by atoms with van der Waals surface area (Å²) < 4.78 is 52.4. The molecule has 0 aliphatic carbocycles. The summed E-state index contributed by atoms with van der Waals surface area (Å²) in [5.74, 6) is -2.63. The molecule has 1 aromatic heterocycles. The predicted molar refractivity (Wildman–Crippen MR) is 77.5 cm³/mol. The number of H-pyrrole nitrogens is 1. The highest BCUT2D eigenvalue weighted by Gasteiger charge is 2.44. The van der Waals surface area contributed by atoms with E-state index in [-0.39, 0.29) is 56.9 Å². The quantitative estimate of drug-likeness (QED) is 0.813. The number of aromatic nitrogens is 2. The average molecular weight is 350 g/mol. The molecule has 10 heteroatoms. The average Bonchev–Trinajstić information content (AvgIpc) is 3.12. The third-order valence-corrected chi connectivity index (χ3v) is 6.32. The van der Waals surface area contributed by atoms with Crippen LogP contribution in [0.15, 0.2) is 17.3 Å². The summed E-state index contributed by atoms with van der Waals surface area (Å²) in [5, 5.41) is 16.7. The van der Waals surface area contributed by atoms with E-state index in [0.29, 0.717) is 0 Å². The normalized spacial score (nSPS) is 29.9. The number of halogens is 2. The molecule has 0 bridgehead atoms. The number of aliphatic hydroxyl groups is 1. The fourth-order valence-electron chi connectivity index (χ4n) is 3.14. The summed E-state index contributed by atoms with van der Waals surface area (Å²) in [4.78, 5) is 1.84. The maximum Gasteiger partial charge on any atom is 0.250 e. The summed E-state index contributed by atoms with van der Waals surface area (Å²) in [7, 11) is -3.68. The van der Waals surface area contributed by atoms with Gasteiger partial charge in [0.2, 0.25) is 10.0 Å². The molecule has 1 aromatic rings. The molecule has 1 atom stereocenters. The maximum atomic E-state index is 13.2. The number of rotatable bonds is 4. The lowest BCUT2D eigenvalue weighted by Crippen LogP contribution is -2.49. The van der Waals surface area contributed by atoms with Gasteiger partial charge in [0, 0.05) is 51.8 Å². The summed E-state index contributed by atoms with van der Waals surface area (Å²) in [6.45, 7) is 0.801. The number of nitrogens with one attached hydrogen (secondary N) is 1. The van der Waals surface area contributed by atoms with Crippen LogP contribution in [0.25, 0.3) is 0 Å². The second-order valence-corrected chi connectivity index (χ2v) is 8.32. The number of hydrogen-bond acceptors (Lipinski definition) is 5. The van der Waals surface area contributed by atoms with E-state index in [1.807, 2.05) is 0 Å². The van der Waals surface area contributed by atoms with Gasteiger partial charge in [0.05, 0.1) is 11.8 Å². The van der Waals surface area contributed by atoms with Gasteiger partial charge >= 0.3 is 0 Å². The standard InChI is InChI=1S/C13H20F2N4O3S/c14-13(15)2-4-18(5-3-13)9-12(20)1-6-19(10-12)23(21,22)11-7-16-17-8-11/h7-8,20H,1-6,9-10H2,(H,16,17)/t12-/m0/s1. The Morgan fingerprint density at radius 2 is 1.96 bits per heavy atom. The van der Waals surface area contributed by atoms with Crippen molar-refractivity contribution in [1.29, 1.82) is 0 Å². The highest BCUT2D eigenvalue weighted by Crippen LogP contribution is 2.31. The van der Waals surface area contributed by atoms with Gasteiger partial charge in [-0.2, -0.15) is 9.40 Å². The minimum atomic E-state index is -3.68. The number of aromatic amines is 1. The maximum absolute atomic E-state index is 13.2. The van der Waals surface area contributed by atoms with Gasteiger partial charge in [-0.1, -0.05) is 0 Å². The van der Waals surface area contributed by atoms with Gasteiger partial charge in [-0.05, 0) is 6.42 Å². The molecular formula is C13H20F2N4O3S. The zero-order chi connectivity index (χ0) is 16.7. The van der Waals surface area contributed by atoms with Crippen molar-refractivity contribution in [2.24, 2.45) is 0 Å². The summed E-state index contributed by atoms with van der Waals surface area (Å²) in [5.41, 5.74) is -1.20. The van der Waals surface area contributed by atoms with Gasteiger partial charge in [0.1, 0.15) is 4.90 Å². The smallest absolute Gasteiger partial charge is 0.250 e. The molecular weight excluding hydrogens is 330 g/mol. The van der Waals surface area contributed by atoms with E-state index in [1.54, 1.807) is 4.90 Å². The first-order valence-electron chi connectivity index (χ1n) is 7.52. The molecule has 0 unspecified atom stereocenters. The van der Waals surface area contributed by atoms with Gasteiger partial charge < -0.3 is 5.11 Å². The van der Waals surface area contributed by atoms with Crippen LogP contribution in [0.5, 0.6) is 0 Å². The highest BCUT2D eigenvalue weighted by atomic mass is 32.2. The molecule has 3 heterocycles. The predicted octanol–water partition coefficient (Wildman–Crippen LogP) is 0.266. The summed E-state index contributed by atoms with van der Waals surface area (Å²) >= 11 is 0. The van der Waals surface area contributed by atoms with Crippen LogP contribution in [-0.2, 0) is 10.0 Å². The van der Waals surface area contributed by atoms with Crippen LogP contribution in [0, 0.1) is 0 Å². The zero-order valence-electron chi connectivity index (χ0n) is 12.6. The van der Waals surface area contributed by atoms with Crippen LogP contribution in [0.3, 0.4) is 0 Å². The Morgan fingerprint density at radius 1 is 1.26 bits per heavy atom. The van der Waals surface area contributed by atoms with E-state index < -0.39 is 21.5 Å². The van der Waals surface area contributed by atoms with Crippen molar-refractivity contribution in [3.63, 3.8) is 0 Å². The third kappa shape index (κ3) is 3.54. The van der Waals surface area contributed by atoms with Crippen molar-refractivity contribution >= 4 is 10.0 Å². The lowest BCUT2D eigenvalue weighted by Gasteiger charge is -2.36. The van der Waals surface area contributed by atoms with Crippen LogP contribution in [0.2, 0.25) is 0 Å². The van der Waals surface area contributed by atoms with Crippen LogP contribution in [0.1, 0.15) is 19.3 Å². The Labute approximate surface area is 133 Å². The molecule has 2 fully saturated rings. The van der Waals surface area contributed by atoms with Crippen LogP contribution < -0.4 is 0 Å². The first-order chi connectivity index (χ1) is 10.7. The molecule has 0 radical (unpaired) electrons. The molecule has 130 valence electrons. The van der Waals surface area contributed by atoms with Crippen molar-refractivity contribution in [3.05, 3.63) is 12.4 Å². The minimum Gasteiger partial charge on any atom is -0.387 e. The van der Waals surface area contributed by atoms with E-state index >= 15 is 0 Å². The zero-order valence-corrected chi connectivity index (χ0v) is 13.4. The Morgan fingerprint density at radius 3 is 2.57 bits per heavy atom. The fraction of sp³-hybridized carbons (Fsp3) is 0.769. The number of β-amino-alcohol motifs (C(OH)–C–C–N with tert-alkyl or cyclic N) is 1.